The third kappa shape index (κ3) is 4.70. The highest BCUT2D eigenvalue weighted by atomic mass is 32.1. The minimum absolute atomic E-state index is 0.00238. The van der Waals surface area contributed by atoms with Crippen molar-refractivity contribution in [2.45, 2.75) is 19.9 Å². The molecule has 0 spiro atoms. The molecule has 0 fully saturated rings. The molecule has 0 unspecified atom stereocenters. The molecule has 1 atom stereocenters. The summed E-state index contributed by atoms with van der Waals surface area (Å²) in [5, 5.41) is 5.10. The van der Waals surface area contributed by atoms with Crippen LogP contribution in [0.5, 0.6) is 5.75 Å². The summed E-state index contributed by atoms with van der Waals surface area (Å²) >= 11 is 1.63. The largest absolute Gasteiger partial charge is 0.484 e. The second kappa shape index (κ2) is 7.99. The number of rotatable bonds is 6. The number of hydrogen-bond acceptors (Lipinski definition) is 3. The van der Waals surface area contributed by atoms with Crippen molar-refractivity contribution < 1.29 is 9.53 Å². The Morgan fingerprint density at radius 1 is 1.04 bits per heavy atom. The lowest BCUT2D eigenvalue weighted by molar-refractivity contribution is -0.123. The Hall–Kier alpha value is -2.59. The standard InChI is InChI=1S/C21H21NO2S/c1-15-11-16(2)13-18(12-15)24-14-20(23)22-21(19-9-6-10-25-19)17-7-4-3-5-8-17/h3-13,21H,14H2,1-2H3,(H,22,23)/t21-/m0/s1. The van der Waals surface area contributed by atoms with Gasteiger partial charge in [-0.25, -0.2) is 0 Å². The Labute approximate surface area is 152 Å². The lowest BCUT2D eigenvalue weighted by Crippen LogP contribution is -2.32. The Kier molecular flexibility index (Phi) is 5.51. The fraction of sp³-hybridized carbons (Fsp3) is 0.190. The molecule has 0 aliphatic carbocycles. The number of nitrogens with one attached hydrogen (secondary N) is 1. The molecule has 0 aliphatic rings. The summed E-state index contributed by atoms with van der Waals surface area (Å²) in [4.78, 5) is 13.5. The molecule has 1 aromatic heterocycles. The van der Waals surface area contributed by atoms with Crippen LogP contribution in [0.1, 0.15) is 27.6 Å². The number of hydrogen-bond donors (Lipinski definition) is 1. The van der Waals surface area contributed by atoms with Crippen molar-refractivity contribution >= 4 is 17.2 Å². The van der Waals surface area contributed by atoms with E-state index in [9.17, 15) is 4.79 Å². The van der Waals surface area contributed by atoms with Crippen LogP contribution in [-0.4, -0.2) is 12.5 Å². The second-order valence-electron chi connectivity index (χ2n) is 6.04. The monoisotopic (exact) mass is 351 g/mol. The molecule has 0 bridgehead atoms. The number of ether oxygens (including phenoxy) is 1. The van der Waals surface area contributed by atoms with Gasteiger partial charge in [0.1, 0.15) is 5.75 Å². The Bertz CT molecular complexity index is 808. The molecular formula is C21H21NO2S. The van der Waals surface area contributed by atoms with Crippen LogP contribution in [-0.2, 0) is 4.79 Å². The van der Waals surface area contributed by atoms with Crippen molar-refractivity contribution in [1.29, 1.82) is 0 Å². The third-order valence-corrected chi connectivity index (χ3v) is 4.77. The van der Waals surface area contributed by atoms with E-state index in [1.54, 1.807) is 11.3 Å². The molecule has 25 heavy (non-hydrogen) atoms. The zero-order chi connectivity index (χ0) is 17.6. The van der Waals surface area contributed by atoms with Crippen LogP contribution in [0.3, 0.4) is 0 Å². The van der Waals surface area contributed by atoms with Gasteiger partial charge in [0.25, 0.3) is 5.91 Å². The number of benzene rings is 2. The van der Waals surface area contributed by atoms with E-state index < -0.39 is 0 Å². The van der Waals surface area contributed by atoms with Crippen molar-refractivity contribution in [1.82, 2.24) is 5.32 Å². The van der Waals surface area contributed by atoms with Crippen LogP contribution in [0.25, 0.3) is 0 Å². The summed E-state index contributed by atoms with van der Waals surface area (Å²) in [5.41, 5.74) is 3.30. The zero-order valence-corrected chi connectivity index (χ0v) is 15.2. The van der Waals surface area contributed by atoms with Gasteiger partial charge in [-0.3, -0.25) is 4.79 Å². The molecule has 3 nitrogen and oxygen atoms in total. The van der Waals surface area contributed by atoms with Gasteiger partial charge >= 0.3 is 0 Å². The van der Waals surface area contributed by atoms with Crippen LogP contribution < -0.4 is 10.1 Å². The molecule has 0 radical (unpaired) electrons. The highest BCUT2D eigenvalue weighted by Crippen LogP contribution is 2.26. The van der Waals surface area contributed by atoms with Crippen molar-refractivity contribution in [3.05, 3.63) is 87.6 Å². The van der Waals surface area contributed by atoms with Crippen molar-refractivity contribution in [2.24, 2.45) is 0 Å². The van der Waals surface area contributed by atoms with Gasteiger partial charge < -0.3 is 10.1 Å². The first-order chi connectivity index (χ1) is 12.1. The maximum absolute atomic E-state index is 12.4. The minimum atomic E-state index is -0.156. The quantitative estimate of drug-likeness (QED) is 0.702. The van der Waals surface area contributed by atoms with E-state index in [2.05, 4.69) is 11.4 Å². The van der Waals surface area contributed by atoms with E-state index in [-0.39, 0.29) is 18.6 Å². The molecule has 1 amide bonds. The lowest BCUT2D eigenvalue weighted by atomic mass is 10.1. The molecular weight excluding hydrogens is 330 g/mol. The number of thiophene rings is 1. The van der Waals surface area contributed by atoms with Crippen molar-refractivity contribution in [3.63, 3.8) is 0 Å². The summed E-state index contributed by atoms with van der Waals surface area (Å²) in [6, 6.07) is 19.8. The predicted octanol–water partition coefficient (Wildman–Crippen LogP) is 4.65. The smallest absolute Gasteiger partial charge is 0.258 e. The first-order valence-corrected chi connectivity index (χ1v) is 9.08. The van der Waals surface area contributed by atoms with Crippen LogP contribution >= 0.6 is 11.3 Å². The Balaban J connectivity index is 1.68. The number of amides is 1. The first kappa shape index (κ1) is 17.2. The fourth-order valence-corrected chi connectivity index (χ4v) is 3.59. The zero-order valence-electron chi connectivity index (χ0n) is 14.4. The SMILES string of the molecule is Cc1cc(C)cc(OCC(=O)N[C@@H](c2ccccc2)c2cccs2)c1. The summed E-state index contributed by atoms with van der Waals surface area (Å²) in [6.07, 6.45) is 0. The van der Waals surface area contributed by atoms with Gasteiger partial charge in [-0.15, -0.1) is 11.3 Å². The van der Waals surface area contributed by atoms with Gasteiger partial charge in [-0.05, 0) is 54.1 Å². The second-order valence-corrected chi connectivity index (χ2v) is 7.02. The topological polar surface area (TPSA) is 38.3 Å². The van der Waals surface area contributed by atoms with Gasteiger partial charge in [0.2, 0.25) is 0 Å². The highest BCUT2D eigenvalue weighted by Gasteiger charge is 2.18. The molecule has 1 heterocycles. The van der Waals surface area contributed by atoms with Crippen molar-refractivity contribution in [3.8, 4) is 5.75 Å². The average molecular weight is 351 g/mol. The van der Waals surface area contributed by atoms with E-state index in [0.29, 0.717) is 0 Å². The minimum Gasteiger partial charge on any atom is -0.484 e. The van der Waals surface area contributed by atoms with Gasteiger partial charge in [-0.1, -0.05) is 42.5 Å². The Morgan fingerprint density at radius 2 is 1.76 bits per heavy atom. The maximum atomic E-state index is 12.4. The maximum Gasteiger partial charge on any atom is 0.258 e. The van der Waals surface area contributed by atoms with Crippen LogP contribution in [0.4, 0.5) is 0 Å². The molecule has 0 saturated heterocycles. The van der Waals surface area contributed by atoms with Gasteiger partial charge in [0.15, 0.2) is 6.61 Å². The summed E-state index contributed by atoms with van der Waals surface area (Å²) in [5.74, 6) is 0.585. The van der Waals surface area contributed by atoms with Gasteiger partial charge in [0, 0.05) is 4.88 Å². The fourth-order valence-electron chi connectivity index (χ4n) is 2.79. The molecule has 0 aliphatic heterocycles. The average Bonchev–Trinajstić information content (AvgIpc) is 3.12. The Morgan fingerprint density at radius 3 is 2.40 bits per heavy atom. The van der Waals surface area contributed by atoms with E-state index in [1.807, 2.05) is 73.8 Å². The third-order valence-electron chi connectivity index (χ3n) is 3.83. The number of aryl methyl sites for hydroxylation is 2. The molecule has 3 aromatic rings. The van der Waals surface area contributed by atoms with E-state index in [4.69, 9.17) is 4.74 Å². The number of carbonyl (C=O) groups excluding carboxylic acids is 1. The summed E-state index contributed by atoms with van der Waals surface area (Å²) < 4.78 is 5.67. The molecule has 2 aromatic carbocycles. The van der Waals surface area contributed by atoms with Crippen LogP contribution in [0.2, 0.25) is 0 Å². The number of carbonyl (C=O) groups is 1. The van der Waals surface area contributed by atoms with Gasteiger partial charge in [-0.2, -0.15) is 0 Å². The lowest BCUT2D eigenvalue weighted by Gasteiger charge is -2.18. The molecule has 3 rings (SSSR count). The van der Waals surface area contributed by atoms with E-state index >= 15 is 0 Å². The summed E-state index contributed by atoms with van der Waals surface area (Å²) in [7, 11) is 0. The summed E-state index contributed by atoms with van der Waals surface area (Å²) in [6.45, 7) is 4.03. The molecule has 4 heteroatoms. The van der Waals surface area contributed by atoms with E-state index in [1.165, 1.54) is 0 Å². The van der Waals surface area contributed by atoms with E-state index in [0.717, 1.165) is 27.3 Å². The molecule has 1 N–H and O–H groups in total. The predicted molar refractivity (Wildman–Crippen MR) is 102 cm³/mol. The van der Waals surface area contributed by atoms with Crippen molar-refractivity contribution in [2.75, 3.05) is 6.61 Å². The first-order valence-electron chi connectivity index (χ1n) is 8.20. The highest BCUT2D eigenvalue weighted by molar-refractivity contribution is 7.10. The molecule has 0 saturated carbocycles. The van der Waals surface area contributed by atoms with Crippen LogP contribution in [0.15, 0.2) is 66.0 Å². The normalized spacial score (nSPS) is 11.8. The molecule has 128 valence electrons. The van der Waals surface area contributed by atoms with Gasteiger partial charge in [0.05, 0.1) is 6.04 Å². The van der Waals surface area contributed by atoms with Crippen LogP contribution in [0, 0.1) is 13.8 Å².